The molecule has 0 N–H and O–H groups in total. The van der Waals surface area contributed by atoms with Gasteiger partial charge in [0.2, 0.25) is 0 Å². The predicted molar refractivity (Wildman–Crippen MR) is 118 cm³/mol. The molecule has 0 aliphatic heterocycles. The minimum Gasteiger partial charge on any atom is -0.327 e. The summed E-state index contributed by atoms with van der Waals surface area (Å²) in [6.07, 6.45) is 0. The van der Waals surface area contributed by atoms with Crippen molar-refractivity contribution in [1.29, 1.82) is 5.26 Å². The van der Waals surface area contributed by atoms with E-state index in [-0.39, 0.29) is 9.92 Å². The van der Waals surface area contributed by atoms with Crippen molar-refractivity contribution in [3.8, 4) is 6.07 Å². The lowest BCUT2D eigenvalue weighted by atomic mass is 9.97. The van der Waals surface area contributed by atoms with Gasteiger partial charge in [0.1, 0.15) is 16.0 Å². The van der Waals surface area contributed by atoms with E-state index in [1.807, 2.05) is 41.8 Å². The molecule has 0 saturated carbocycles. The van der Waals surface area contributed by atoms with Gasteiger partial charge in [-0.1, -0.05) is 48.5 Å². The number of para-hydroxylation sites is 2. The fourth-order valence-corrected chi connectivity index (χ4v) is 5.38. The fraction of sp³-hybridized carbons (Fsp3) is 0.136. The van der Waals surface area contributed by atoms with Gasteiger partial charge in [-0.25, -0.2) is 4.98 Å². The summed E-state index contributed by atoms with van der Waals surface area (Å²) < 4.78 is 32.1. The summed E-state index contributed by atoms with van der Waals surface area (Å²) in [6, 6.07) is 21.9. The highest BCUT2D eigenvalue weighted by molar-refractivity contribution is 7.92. The third-order valence-corrected chi connectivity index (χ3v) is 7.36. The second-order valence-corrected chi connectivity index (χ2v) is 9.29. The Balaban J connectivity index is 1.95. The van der Waals surface area contributed by atoms with E-state index in [2.05, 4.69) is 15.5 Å². The molecule has 4 rings (SSSR count). The maximum absolute atomic E-state index is 12.9. The van der Waals surface area contributed by atoms with E-state index in [1.165, 1.54) is 6.07 Å². The summed E-state index contributed by atoms with van der Waals surface area (Å²) in [6.45, 7) is 2.56. The van der Waals surface area contributed by atoms with Crippen LogP contribution in [0.25, 0.3) is 11.0 Å². The average Bonchev–Trinajstić information content (AvgIpc) is 3.43. The number of nitriles is 1. The summed E-state index contributed by atoms with van der Waals surface area (Å²) in [4.78, 5) is 4.66. The van der Waals surface area contributed by atoms with Gasteiger partial charge < -0.3 is 4.57 Å². The Kier molecular flexibility index (Phi) is 5.48. The normalized spacial score (nSPS) is 13.3. The molecule has 2 aromatic heterocycles. The maximum atomic E-state index is 12.9. The van der Waals surface area contributed by atoms with E-state index in [4.69, 9.17) is 0 Å². The number of fused-ring (bicyclic) bond motifs is 1. The molecule has 2 heterocycles. The number of benzene rings is 2. The summed E-state index contributed by atoms with van der Waals surface area (Å²) >= 11 is 1.09. The molecule has 0 radical (unpaired) electrons. The van der Waals surface area contributed by atoms with E-state index in [9.17, 15) is 13.7 Å². The fourth-order valence-electron chi connectivity index (χ4n) is 3.35. The molecule has 0 fully saturated rings. The molecule has 2 aromatic carbocycles. The first-order valence-corrected chi connectivity index (χ1v) is 11.7. The van der Waals surface area contributed by atoms with Crippen molar-refractivity contribution in [2.24, 2.45) is 4.40 Å². The van der Waals surface area contributed by atoms with Gasteiger partial charge >= 0.3 is 0 Å². The number of imidazole rings is 1. The summed E-state index contributed by atoms with van der Waals surface area (Å²) in [7, 11) is -3.96. The van der Waals surface area contributed by atoms with Crippen molar-refractivity contribution in [2.75, 3.05) is 0 Å². The van der Waals surface area contributed by atoms with Crippen molar-refractivity contribution >= 4 is 38.1 Å². The molecular formula is C22H18N4O2S2. The van der Waals surface area contributed by atoms with Gasteiger partial charge in [0.15, 0.2) is 0 Å². The molecule has 0 bridgehead atoms. The van der Waals surface area contributed by atoms with E-state index >= 15 is 0 Å². The zero-order valence-electron chi connectivity index (χ0n) is 16.1. The molecule has 0 saturated heterocycles. The average molecular weight is 435 g/mol. The van der Waals surface area contributed by atoms with Crippen molar-refractivity contribution in [1.82, 2.24) is 9.55 Å². The first kappa shape index (κ1) is 20.0. The quantitative estimate of drug-likeness (QED) is 0.415. The van der Waals surface area contributed by atoms with E-state index in [1.54, 1.807) is 35.7 Å². The molecule has 8 heteroatoms. The SMILES string of the molecule is CCn1c(C(C#N)C(=NS(=O)(=O)c2cccs2)c2ccccc2)nc2ccccc21. The summed E-state index contributed by atoms with van der Waals surface area (Å²) in [5.74, 6) is -0.473. The number of aromatic nitrogens is 2. The molecule has 6 nitrogen and oxygen atoms in total. The lowest BCUT2D eigenvalue weighted by Gasteiger charge is -2.14. The smallest absolute Gasteiger partial charge is 0.292 e. The van der Waals surface area contributed by atoms with Gasteiger partial charge in [-0.15, -0.1) is 11.3 Å². The first-order valence-electron chi connectivity index (χ1n) is 9.33. The van der Waals surface area contributed by atoms with E-state index < -0.39 is 15.9 Å². The summed E-state index contributed by atoms with van der Waals surface area (Å²) in [5.41, 5.74) is 2.38. The van der Waals surface area contributed by atoms with Crippen LogP contribution in [-0.4, -0.2) is 23.7 Å². The van der Waals surface area contributed by atoms with Crippen molar-refractivity contribution in [3.05, 3.63) is 83.5 Å². The zero-order chi connectivity index (χ0) is 21.1. The molecule has 150 valence electrons. The monoisotopic (exact) mass is 434 g/mol. The van der Waals surface area contributed by atoms with Crippen LogP contribution in [0.2, 0.25) is 0 Å². The maximum Gasteiger partial charge on any atom is 0.292 e. The van der Waals surface area contributed by atoms with Crippen molar-refractivity contribution in [2.45, 2.75) is 23.6 Å². The Hall–Kier alpha value is -3.28. The van der Waals surface area contributed by atoms with Crippen LogP contribution in [0.3, 0.4) is 0 Å². The molecular weight excluding hydrogens is 416 g/mol. The summed E-state index contributed by atoms with van der Waals surface area (Å²) in [5, 5.41) is 11.8. The Bertz CT molecular complexity index is 1350. The lowest BCUT2D eigenvalue weighted by molar-refractivity contribution is 0.600. The Morgan fingerprint density at radius 3 is 2.53 bits per heavy atom. The zero-order valence-corrected chi connectivity index (χ0v) is 17.8. The van der Waals surface area contributed by atoms with Crippen LogP contribution in [0.5, 0.6) is 0 Å². The van der Waals surface area contributed by atoms with E-state index in [0.29, 0.717) is 17.9 Å². The third-order valence-electron chi connectivity index (χ3n) is 4.70. The van der Waals surface area contributed by atoms with Gasteiger partial charge in [0.25, 0.3) is 10.0 Å². The molecule has 0 aliphatic rings. The Morgan fingerprint density at radius 2 is 1.87 bits per heavy atom. The Morgan fingerprint density at radius 1 is 1.13 bits per heavy atom. The van der Waals surface area contributed by atoms with Crippen LogP contribution >= 0.6 is 11.3 Å². The van der Waals surface area contributed by atoms with Crippen molar-refractivity contribution in [3.63, 3.8) is 0 Å². The highest BCUT2D eigenvalue weighted by Crippen LogP contribution is 2.28. The van der Waals surface area contributed by atoms with Crippen LogP contribution in [0, 0.1) is 11.3 Å². The number of hydrogen-bond acceptors (Lipinski definition) is 5. The standard InChI is InChI=1S/C22H18N4O2S2/c1-2-26-19-12-7-6-11-18(19)24-22(26)17(15-23)21(16-9-4-3-5-10-16)25-30(27,28)20-13-8-14-29-20/h3-14,17H,2H2,1H3. The molecule has 0 spiro atoms. The van der Waals surface area contributed by atoms with Crippen LogP contribution in [0.1, 0.15) is 24.2 Å². The molecule has 0 aliphatic carbocycles. The Labute approximate surface area is 178 Å². The molecule has 1 unspecified atom stereocenters. The molecule has 0 amide bonds. The van der Waals surface area contributed by atoms with Crippen LogP contribution in [0.15, 0.2) is 80.7 Å². The van der Waals surface area contributed by atoms with Crippen LogP contribution in [0.4, 0.5) is 0 Å². The first-order chi connectivity index (χ1) is 14.5. The largest absolute Gasteiger partial charge is 0.327 e. The lowest BCUT2D eigenvalue weighted by Crippen LogP contribution is -2.19. The highest BCUT2D eigenvalue weighted by atomic mass is 32.2. The second-order valence-electron chi connectivity index (χ2n) is 6.51. The minimum atomic E-state index is -3.96. The molecule has 30 heavy (non-hydrogen) atoms. The van der Waals surface area contributed by atoms with Crippen molar-refractivity contribution < 1.29 is 8.42 Å². The predicted octanol–water partition coefficient (Wildman–Crippen LogP) is 4.60. The minimum absolute atomic E-state index is 0.136. The van der Waals surface area contributed by atoms with E-state index in [0.717, 1.165) is 22.4 Å². The van der Waals surface area contributed by atoms with Gasteiger partial charge in [0, 0.05) is 6.54 Å². The number of aryl methyl sites for hydroxylation is 1. The van der Waals surface area contributed by atoms with Gasteiger partial charge in [-0.2, -0.15) is 18.1 Å². The van der Waals surface area contributed by atoms with Gasteiger partial charge in [-0.05, 0) is 36.1 Å². The van der Waals surface area contributed by atoms with Gasteiger partial charge in [-0.3, -0.25) is 0 Å². The number of hydrogen-bond donors (Lipinski definition) is 0. The van der Waals surface area contributed by atoms with Crippen LogP contribution in [-0.2, 0) is 16.6 Å². The molecule has 1 atom stereocenters. The number of thiophene rings is 1. The second kappa shape index (κ2) is 8.22. The number of nitrogens with zero attached hydrogens (tertiary/aromatic N) is 4. The van der Waals surface area contributed by atoms with Crippen LogP contribution < -0.4 is 0 Å². The topological polar surface area (TPSA) is 88.1 Å². The third kappa shape index (κ3) is 3.65. The highest BCUT2D eigenvalue weighted by Gasteiger charge is 2.28. The number of sulfonamides is 1. The van der Waals surface area contributed by atoms with Gasteiger partial charge in [0.05, 0.1) is 22.8 Å². The molecule has 4 aromatic rings. The number of rotatable bonds is 6.